The van der Waals surface area contributed by atoms with Gasteiger partial charge >= 0.3 is 0 Å². The Morgan fingerprint density at radius 2 is 1.91 bits per heavy atom. The van der Waals surface area contributed by atoms with Crippen LogP contribution in [0.3, 0.4) is 0 Å². The number of rotatable bonds is 0. The van der Waals surface area contributed by atoms with Gasteiger partial charge < -0.3 is 24.0 Å². The van der Waals surface area contributed by atoms with E-state index in [4.69, 9.17) is 0 Å². The molecule has 0 aromatic carbocycles. The van der Waals surface area contributed by atoms with Crippen LogP contribution in [-0.2, 0) is 0 Å². The van der Waals surface area contributed by atoms with Crippen LogP contribution >= 0.6 is 0 Å². The molecule has 1 aliphatic heterocycles. The first-order chi connectivity index (χ1) is 4.55. The molecule has 0 aromatic rings. The SMILES string of the molecule is CC1=CC=CC(C)[N+]1(C)C.[I-]. The molecule has 64 valence electrons. The van der Waals surface area contributed by atoms with E-state index in [9.17, 15) is 0 Å². The summed E-state index contributed by atoms with van der Waals surface area (Å²) in [6.45, 7) is 4.42. The van der Waals surface area contributed by atoms with E-state index < -0.39 is 0 Å². The van der Waals surface area contributed by atoms with Gasteiger partial charge in [-0.3, -0.25) is 4.48 Å². The van der Waals surface area contributed by atoms with Crippen LogP contribution in [0.4, 0.5) is 0 Å². The second kappa shape index (κ2) is 3.72. The molecular formula is C9H16IN. The van der Waals surface area contributed by atoms with Crippen molar-refractivity contribution in [2.45, 2.75) is 19.9 Å². The maximum absolute atomic E-state index is 2.24. The van der Waals surface area contributed by atoms with Crippen LogP contribution in [0.25, 0.3) is 0 Å². The summed E-state index contributed by atoms with van der Waals surface area (Å²) >= 11 is 0. The summed E-state index contributed by atoms with van der Waals surface area (Å²) in [5.41, 5.74) is 1.43. The zero-order valence-electron chi connectivity index (χ0n) is 7.63. The Morgan fingerprint density at radius 3 is 2.27 bits per heavy atom. The molecule has 0 radical (unpaired) electrons. The molecule has 0 saturated heterocycles. The Morgan fingerprint density at radius 1 is 1.36 bits per heavy atom. The summed E-state index contributed by atoms with van der Waals surface area (Å²) in [5.74, 6) is 0. The third-order valence-corrected chi connectivity index (χ3v) is 2.65. The van der Waals surface area contributed by atoms with Crippen LogP contribution in [0.2, 0.25) is 0 Å². The molecule has 0 saturated carbocycles. The van der Waals surface area contributed by atoms with Crippen LogP contribution in [0.5, 0.6) is 0 Å². The number of hydrogen-bond donors (Lipinski definition) is 0. The van der Waals surface area contributed by atoms with Gasteiger partial charge in [-0.25, -0.2) is 0 Å². The maximum atomic E-state index is 2.24. The van der Waals surface area contributed by atoms with Crippen molar-refractivity contribution in [1.29, 1.82) is 0 Å². The van der Waals surface area contributed by atoms with Crippen LogP contribution in [0, 0.1) is 0 Å². The monoisotopic (exact) mass is 265 g/mol. The summed E-state index contributed by atoms with van der Waals surface area (Å²) in [7, 11) is 4.47. The average Bonchev–Trinajstić information content (AvgIpc) is 1.84. The van der Waals surface area contributed by atoms with Gasteiger partial charge in [-0.15, -0.1) is 0 Å². The Bertz CT molecular complexity index is 192. The van der Waals surface area contributed by atoms with Gasteiger partial charge in [0.15, 0.2) is 0 Å². The van der Waals surface area contributed by atoms with Gasteiger partial charge in [0.1, 0.15) is 11.7 Å². The molecule has 0 N–H and O–H groups in total. The summed E-state index contributed by atoms with van der Waals surface area (Å²) in [5, 5.41) is 0. The Labute approximate surface area is 86.4 Å². The maximum Gasteiger partial charge on any atom is 0.109 e. The molecule has 0 bridgehead atoms. The molecule has 0 aliphatic carbocycles. The highest BCUT2D eigenvalue weighted by molar-refractivity contribution is 5.12. The van der Waals surface area contributed by atoms with Crippen molar-refractivity contribution in [3.8, 4) is 0 Å². The quantitative estimate of drug-likeness (QED) is 0.386. The van der Waals surface area contributed by atoms with Gasteiger partial charge in [0.05, 0.1) is 14.1 Å². The topological polar surface area (TPSA) is 0 Å². The van der Waals surface area contributed by atoms with Gasteiger partial charge in [-0.1, -0.05) is 6.08 Å². The molecule has 0 fully saturated rings. The van der Waals surface area contributed by atoms with E-state index in [0.717, 1.165) is 4.48 Å². The number of nitrogens with zero attached hydrogens (tertiary/aromatic N) is 1. The van der Waals surface area contributed by atoms with Gasteiger partial charge in [-0.2, -0.15) is 0 Å². The molecule has 0 aromatic heterocycles. The zero-order valence-corrected chi connectivity index (χ0v) is 9.79. The highest BCUT2D eigenvalue weighted by Crippen LogP contribution is 2.20. The molecule has 0 spiro atoms. The molecule has 1 heterocycles. The molecule has 0 amide bonds. The van der Waals surface area contributed by atoms with Crippen LogP contribution in [-0.4, -0.2) is 24.6 Å². The van der Waals surface area contributed by atoms with Gasteiger partial charge in [0.25, 0.3) is 0 Å². The summed E-state index contributed by atoms with van der Waals surface area (Å²) in [4.78, 5) is 0. The molecular weight excluding hydrogens is 249 g/mol. The molecule has 2 heteroatoms. The predicted molar refractivity (Wildman–Crippen MR) is 44.5 cm³/mol. The third-order valence-electron chi connectivity index (χ3n) is 2.65. The third kappa shape index (κ3) is 2.06. The van der Waals surface area contributed by atoms with Crippen LogP contribution in [0.1, 0.15) is 13.8 Å². The molecule has 1 aliphatic rings. The van der Waals surface area contributed by atoms with Crippen LogP contribution in [0.15, 0.2) is 23.9 Å². The lowest BCUT2D eigenvalue weighted by Crippen LogP contribution is -3.00. The first kappa shape index (κ1) is 11.2. The van der Waals surface area contributed by atoms with E-state index >= 15 is 0 Å². The number of allylic oxidation sites excluding steroid dienone is 3. The molecule has 1 nitrogen and oxygen atoms in total. The smallest absolute Gasteiger partial charge is 0.109 e. The summed E-state index contributed by atoms with van der Waals surface area (Å²) in [6.07, 6.45) is 6.57. The van der Waals surface area contributed by atoms with E-state index in [0.29, 0.717) is 6.04 Å². The first-order valence-electron chi connectivity index (χ1n) is 3.74. The van der Waals surface area contributed by atoms with Crippen molar-refractivity contribution in [2.24, 2.45) is 0 Å². The van der Waals surface area contributed by atoms with Gasteiger partial charge in [-0.05, 0) is 19.1 Å². The van der Waals surface area contributed by atoms with E-state index in [1.165, 1.54) is 5.70 Å². The van der Waals surface area contributed by atoms with E-state index in [-0.39, 0.29) is 24.0 Å². The predicted octanol–water partition coefficient (Wildman–Crippen LogP) is -1.07. The number of hydrogen-bond acceptors (Lipinski definition) is 0. The Hall–Kier alpha value is 0.170. The number of halogens is 1. The lowest BCUT2D eigenvalue weighted by Gasteiger charge is -2.36. The number of quaternary nitrogens is 1. The van der Waals surface area contributed by atoms with Crippen molar-refractivity contribution in [3.63, 3.8) is 0 Å². The minimum absolute atomic E-state index is 0. The fraction of sp³-hybridized carbons (Fsp3) is 0.556. The first-order valence-corrected chi connectivity index (χ1v) is 3.74. The Kier molecular flexibility index (Phi) is 3.77. The summed E-state index contributed by atoms with van der Waals surface area (Å²) in [6, 6.07) is 0.616. The second-order valence-electron chi connectivity index (χ2n) is 3.47. The highest BCUT2D eigenvalue weighted by atomic mass is 127. The molecule has 1 unspecified atom stereocenters. The molecule has 11 heavy (non-hydrogen) atoms. The fourth-order valence-corrected chi connectivity index (χ4v) is 1.08. The van der Waals surface area contributed by atoms with E-state index in [2.05, 4.69) is 46.2 Å². The lowest BCUT2D eigenvalue weighted by molar-refractivity contribution is -0.870. The fourth-order valence-electron chi connectivity index (χ4n) is 1.08. The normalized spacial score (nSPS) is 27.3. The van der Waals surface area contributed by atoms with Gasteiger partial charge in [0, 0.05) is 6.92 Å². The van der Waals surface area contributed by atoms with Crippen molar-refractivity contribution in [1.82, 2.24) is 0 Å². The average molecular weight is 265 g/mol. The molecule has 1 rings (SSSR count). The second-order valence-corrected chi connectivity index (χ2v) is 3.47. The van der Waals surface area contributed by atoms with Crippen LogP contribution < -0.4 is 24.0 Å². The Balaban J connectivity index is 0.000001000. The zero-order chi connectivity index (χ0) is 7.78. The minimum atomic E-state index is 0. The van der Waals surface area contributed by atoms with Crippen molar-refractivity contribution in [2.75, 3.05) is 14.1 Å². The summed E-state index contributed by atoms with van der Waals surface area (Å²) < 4.78 is 0.997. The molecule has 1 atom stereocenters. The minimum Gasteiger partial charge on any atom is -1.00 e. The van der Waals surface area contributed by atoms with Crippen molar-refractivity contribution in [3.05, 3.63) is 23.9 Å². The van der Waals surface area contributed by atoms with Gasteiger partial charge in [0.2, 0.25) is 0 Å². The van der Waals surface area contributed by atoms with E-state index in [1.54, 1.807) is 0 Å². The van der Waals surface area contributed by atoms with E-state index in [1.807, 2.05) is 0 Å². The largest absolute Gasteiger partial charge is 1.00 e. The van der Waals surface area contributed by atoms with Crippen molar-refractivity contribution >= 4 is 0 Å². The highest BCUT2D eigenvalue weighted by Gasteiger charge is 2.25. The lowest BCUT2D eigenvalue weighted by atomic mass is 10.1. The standard InChI is InChI=1S/C9H16N.HI/c1-8-6-5-7-9(2)10(8,3)4;/h5-8H,1-4H3;1H/q+1;/p-1. The number of likely N-dealkylation sites (N-methyl/N-ethyl adjacent to an activating group) is 1. The van der Waals surface area contributed by atoms with Crippen molar-refractivity contribution < 1.29 is 28.5 Å².